The first-order chi connectivity index (χ1) is 9.91. The lowest BCUT2D eigenvalue weighted by atomic mass is 9.91. The zero-order chi connectivity index (χ0) is 15.5. The molecule has 3 atom stereocenters. The van der Waals surface area contributed by atoms with Crippen LogP contribution in [0.2, 0.25) is 0 Å². The van der Waals surface area contributed by atoms with Crippen LogP contribution in [0.15, 0.2) is 24.3 Å². The van der Waals surface area contributed by atoms with Crippen molar-refractivity contribution >= 4 is 15.9 Å². The molecule has 3 unspecified atom stereocenters. The third kappa shape index (κ3) is 4.34. The largest absolute Gasteiger partial charge is 0.488 e. The van der Waals surface area contributed by atoms with Crippen LogP contribution < -0.4 is 4.74 Å². The molecule has 3 nitrogen and oxygen atoms in total. The van der Waals surface area contributed by atoms with E-state index in [1.807, 2.05) is 0 Å². The Bertz CT molecular complexity index is 467. The van der Waals surface area contributed by atoms with Crippen molar-refractivity contribution in [2.45, 2.75) is 29.6 Å². The second-order valence-corrected chi connectivity index (χ2v) is 5.94. The number of benzene rings is 1. The van der Waals surface area contributed by atoms with Crippen LogP contribution in [0.5, 0.6) is 5.75 Å². The molecule has 1 aliphatic carbocycles. The second-order valence-electron chi connectivity index (χ2n) is 4.76. The maximum Gasteiger partial charge on any atom is 0.416 e. The van der Waals surface area contributed by atoms with Crippen molar-refractivity contribution in [1.82, 2.24) is 0 Å². The molecule has 118 valence electrons. The van der Waals surface area contributed by atoms with Gasteiger partial charge in [0.2, 0.25) is 0 Å². The molecule has 1 aliphatic rings. The zero-order valence-electron chi connectivity index (χ0n) is 11.4. The molecular weight excluding hydrogens is 353 g/mol. The Morgan fingerprint density at radius 3 is 2.67 bits per heavy atom. The quantitative estimate of drug-likeness (QED) is 0.566. The third-order valence-corrected chi connectivity index (χ3v) is 4.12. The molecule has 0 spiro atoms. The molecule has 0 bridgehead atoms. The fourth-order valence-electron chi connectivity index (χ4n) is 2.04. The van der Waals surface area contributed by atoms with Crippen LogP contribution in [-0.4, -0.2) is 37.4 Å². The second kappa shape index (κ2) is 6.98. The smallest absolute Gasteiger partial charge is 0.416 e. The molecule has 0 saturated heterocycles. The Labute approximate surface area is 129 Å². The van der Waals surface area contributed by atoms with Crippen LogP contribution in [0.3, 0.4) is 0 Å². The molecule has 1 aromatic rings. The van der Waals surface area contributed by atoms with E-state index in [9.17, 15) is 13.2 Å². The monoisotopic (exact) mass is 368 g/mol. The maximum atomic E-state index is 12.6. The fourth-order valence-corrected chi connectivity index (χ4v) is 2.90. The number of methoxy groups -OCH3 is 1. The van der Waals surface area contributed by atoms with Gasteiger partial charge in [0, 0.05) is 18.4 Å². The van der Waals surface area contributed by atoms with Gasteiger partial charge in [-0.1, -0.05) is 22.0 Å². The van der Waals surface area contributed by atoms with Gasteiger partial charge in [-0.3, -0.25) is 0 Å². The Morgan fingerprint density at radius 1 is 1.29 bits per heavy atom. The molecular formula is C14H16BrF3O3. The predicted octanol–water partition coefficient (Wildman–Crippen LogP) is 3.65. The number of halogens is 4. The summed E-state index contributed by atoms with van der Waals surface area (Å²) in [7, 11) is 1.58. The summed E-state index contributed by atoms with van der Waals surface area (Å²) in [6.07, 6.45) is -4.12. The van der Waals surface area contributed by atoms with Gasteiger partial charge < -0.3 is 14.2 Å². The van der Waals surface area contributed by atoms with Crippen molar-refractivity contribution in [2.24, 2.45) is 0 Å². The van der Waals surface area contributed by atoms with Crippen molar-refractivity contribution in [3.63, 3.8) is 0 Å². The maximum absolute atomic E-state index is 12.6. The third-order valence-electron chi connectivity index (χ3n) is 3.23. The van der Waals surface area contributed by atoms with E-state index in [-0.39, 0.29) is 22.8 Å². The highest BCUT2D eigenvalue weighted by molar-refractivity contribution is 9.09. The van der Waals surface area contributed by atoms with Crippen LogP contribution in [0.25, 0.3) is 0 Å². The standard InChI is InChI=1S/C14H16BrF3O3/c1-19-5-6-20-13-11(15)8-12(13)21-10-4-2-3-9(7-10)14(16,17)18/h2-4,7,11-13H,5-6,8H2,1H3. The molecule has 0 aliphatic heterocycles. The summed E-state index contributed by atoms with van der Waals surface area (Å²) in [4.78, 5) is 0.144. The molecule has 0 aromatic heterocycles. The molecule has 0 heterocycles. The lowest BCUT2D eigenvalue weighted by Crippen LogP contribution is -2.52. The molecule has 21 heavy (non-hydrogen) atoms. The number of alkyl halides is 4. The van der Waals surface area contributed by atoms with Gasteiger partial charge in [-0.05, 0) is 18.2 Å². The van der Waals surface area contributed by atoms with Crippen molar-refractivity contribution in [3.05, 3.63) is 29.8 Å². The van der Waals surface area contributed by atoms with E-state index < -0.39 is 11.7 Å². The highest BCUT2D eigenvalue weighted by atomic mass is 79.9. The summed E-state index contributed by atoms with van der Waals surface area (Å²) in [5.74, 6) is 0.203. The molecule has 2 rings (SSSR count). The lowest BCUT2D eigenvalue weighted by Gasteiger charge is -2.40. The van der Waals surface area contributed by atoms with Gasteiger partial charge in [-0.15, -0.1) is 0 Å². The number of rotatable bonds is 6. The van der Waals surface area contributed by atoms with Crippen LogP contribution in [0.4, 0.5) is 13.2 Å². The van der Waals surface area contributed by atoms with E-state index in [4.69, 9.17) is 14.2 Å². The van der Waals surface area contributed by atoms with Crippen LogP contribution in [0.1, 0.15) is 12.0 Å². The lowest BCUT2D eigenvalue weighted by molar-refractivity contribution is -0.137. The van der Waals surface area contributed by atoms with E-state index in [0.717, 1.165) is 12.1 Å². The van der Waals surface area contributed by atoms with Gasteiger partial charge in [0.1, 0.15) is 18.0 Å². The number of hydrogen-bond donors (Lipinski definition) is 0. The zero-order valence-corrected chi connectivity index (χ0v) is 13.0. The first kappa shape index (κ1) is 16.6. The average molecular weight is 369 g/mol. The molecule has 1 fully saturated rings. The van der Waals surface area contributed by atoms with Gasteiger partial charge in [0.05, 0.1) is 18.8 Å². The highest BCUT2D eigenvalue weighted by Gasteiger charge is 2.42. The predicted molar refractivity (Wildman–Crippen MR) is 74.8 cm³/mol. The first-order valence-electron chi connectivity index (χ1n) is 6.50. The Balaban J connectivity index is 1.95. The van der Waals surface area contributed by atoms with Gasteiger partial charge in [0.25, 0.3) is 0 Å². The SMILES string of the molecule is COCCOC1C(Br)CC1Oc1cccc(C(F)(F)F)c1. The van der Waals surface area contributed by atoms with E-state index in [1.54, 1.807) is 7.11 Å². The van der Waals surface area contributed by atoms with Crippen molar-refractivity contribution in [1.29, 1.82) is 0 Å². The highest BCUT2D eigenvalue weighted by Crippen LogP contribution is 2.36. The number of ether oxygens (including phenoxy) is 3. The summed E-state index contributed by atoms with van der Waals surface area (Å²) >= 11 is 3.45. The molecule has 1 saturated carbocycles. The summed E-state index contributed by atoms with van der Waals surface area (Å²) < 4.78 is 54.0. The molecule has 7 heteroatoms. The molecule has 0 amide bonds. The molecule has 0 N–H and O–H groups in total. The van der Waals surface area contributed by atoms with Crippen LogP contribution in [-0.2, 0) is 15.7 Å². The van der Waals surface area contributed by atoms with Crippen molar-refractivity contribution in [3.8, 4) is 5.75 Å². The van der Waals surface area contributed by atoms with Gasteiger partial charge in [-0.25, -0.2) is 0 Å². The van der Waals surface area contributed by atoms with Gasteiger partial charge in [-0.2, -0.15) is 13.2 Å². The van der Waals surface area contributed by atoms with Crippen LogP contribution in [0, 0.1) is 0 Å². The number of hydrogen-bond acceptors (Lipinski definition) is 3. The summed E-state index contributed by atoms with van der Waals surface area (Å²) in [6.45, 7) is 0.887. The summed E-state index contributed by atoms with van der Waals surface area (Å²) in [6, 6.07) is 4.88. The molecule has 0 radical (unpaired) electrons. The van der Waals surface area contributed by atoms with Crippen molar-refractivity contribution < 1.29 is 27.4 Å². The minimum absolute atomic E-state index is 0.144. The summed E-state index contributed by atoms with van der Waals surface area (Å²) in [5, 5.41) is 0. The minimum atomic E-state index is -4.37. The van der Waals surface area contributed by atoms with E-state index in [0.29, 0.717) is 19.6 Å². The first-order valence-corrected chi connectivity index (χ1v) is 7.42. The summed E-state index contributed by atoms with van der Waals surface area (Å²) in [5.41, 5.74) is -0.716. The van der Waals surface area contributed by atoms with Crippen molar-refractivity contribution in [2.75, 3.05) is 20.3 Å². The fraction of sp³-hybridized carbons (Fsp3) is 0.571. The van der Waals surface area contributed by atoms with E-state index >= 15 is 0 Å². The minimum Gasteiger partial charge on any atom is -0.488 e. The topological polar surface area (TPSA) is 27.7 Å². The normalized spacial score (nSPS) is 25.5. The average Bonchev–Trinajstić information content (AvgIpc) is 2.42. The Kier molecular flexibility index (Phi) is 5.51. The van der Waals surface area contributed by atoms with Gasteiger partial charge >= 0.3 is 6.18 Å². The molecule has 1 aromatic carbocycles. The van der Waals surface area contributed by atoms with Gasteiger partial charge in [0.15, 0.2) is 0 Å². The Morgan fingerprint density at radius 2 is 2.05 bits per heavy atom. The van der Waals surface area contributed by atoms with Crippen LogP contribution >= 0.6 is 15.9 Å². The van der Waals surface area contributed by atoms with E-state index in [1.165, 1.54) is 12.1 Å². The van der Waals surface area contributed by atoms with E-state index in [2.05, 4.69) is 15.9 Å². The Hall–Kier alpha value is -0.790.